The zero-order chi connectivity index (χ0) is 12.3. The number of methoxy groups -OCH3 is 1. The van der Waals surface area contributed by atoms with Gasteiger partial charge in [-0.2, -0.15) is 5.26 Å². The zero-order valence-corrected chi connectivity index (χ0v) is 10.3. The van der Waals surface area contributed by atoms with E-state index >= 15 is 0 Å². The fourth-order valence-electron chi connectivity index (χ4n) is 1.60. The van der Waals surface area contributed by atoms with Gasteiger partial charge in [0.15, 0.2) is 0 Å². The molecular weight excluding hydrogens is 214 g/mol. The molecular formula is C13H19N3O. The average Bonchev–Trinajstić information content (AvgIpc) is 2.39. The van der Waals surface area contributed by atoms with E-state index in [1.807, 2.05) is 12.3 Å². The lowest BCUT2D eigenvalue weighted by Crippen LogP contribution is -2.30. The smallest absolute Gasteiger partial charge is 0.0635 e. The molecule has 0 aliphatic carbocycles. The Labute approximate surface area is 103 Å². The van der Waals surface area contributed by atoms with Crippen LogP contribution in [0.4, 0.5) is 0 Å². The maximum atomic E-state index is 8.61. The van der Waals surface area contributed by atoms with Gasteiger partial charge in [-0.3, -0.25) is 9.88 Å². The molecule has 92 valence electrons. The van der Waals surface area contributed by atoms with Crippen molar-refractivity contribution in [3.63, 3.8) is 0 Å². The molecule has 0 aromatic carbocycles. The summed E-state index contributed by atoms with van der Waals surface area (Å²) < 4.78 is 5.07. The van der Waals surface area contributed by atoms with E-state index in [-0.39, 0.29) is 0 Å². The number of rotatable bonds is 8. The number of pyridine rings is 1. The summed E-state index contributed by atoms with van der Waals surface area (Å²) >= 11 is 0. The van der Waals surface area contributed by atoms with E-state index < -0.39 is 0 Å². The summed E-state index contributed by atoms with van der Waals surface area (Å²) in [6.07, 6.45) is 5.19. The van der Waals surface area contributed by atoms with E-state index in [2.05, 4.69) is 22.0 Å². The van der Waals surface area contributed by atoms with Gasteiger partial charge in [-0.15, -0.1) is 0 Å². The molecule has 0 aliphatic heterocycles. The summed E-state index contributed by atoms with van der Waals surface area (Å²) in [5, 5.41) is 8.61. The minimum absolute atomic E-state index is 0.566. The Bertz CT molecular complexity index is 334. The predicted molar refractivity (Wildman–Crippen MR) is 66.5 cm³/mol. The highest BCUT2D eigenvalue weighted by atomic mass is 16.5. The normalized spacial score (nSPS) is 10.4. The highest BCUT2D eigenvalue weighted by Crippen LogP contribution is 2.00. The molecule has 0 fully saturated rings. The van der Waals surface area contributed by atoms with Crippen molar-refractivity contribution in [2.75, 3.05) is 33.4 Å². The first kappa shape index (κ1) is 13.6. The van der Waals surface area contributed by atoms with Crippen molar-refractivity contribution < 1.29 is 4.74 Å². The number of nitrogens with zero attached hydrogens (tertiary/aromatic N) is 3. The molecule has 0 saturated carbocycles. The SMILES string of the molecule is COCCN(CCC#N)CCc1cccnc1. The molecule has 17 heavy (non-hydrogen) atoms. The molecule has 4 heteroatoms. The fourth-order valence-corrected chi connectivity index (χ4v) is 1.60. The summed E-state index contributed by atoms with van der Waals surface area (Å²) in [6, 6.07) is 6.20. The molecule has 0 radical (unpaired) electrons. The molecule has 0 aliphatic rings. The van der Waals surface area contributed by atoms with Crippen LogP contribution in [0.3, 0.4) is 0 Å². The van der Waals surface area contributed by atoms with Crippen molar-refractivity contribution >= 4 is 0 Å². The van der Waals surface area contributed by atoms with Gasteiger partial charge in [0.25, 0.3) is 0 Å². The number of hydrogen-bond donors (Lipinski definition) is 0. The molecule has 4 nitrogen and oxygen atoms in total. The second-order valence-corrected chi connectivity index (χ2v) is 3.85. The number of aromatic nitrogens is 1. The lowest BCUT2D eigenvalue weighted by Gasteiger charge is -2.20. The monoisotopic (exact) mass is 233 g/mol. The molecule has 0 N–H and O–H groups in total. The van der Waals surface area contributed by atoms with Crippen LogP contribution < -0.4 is 0 Å². The van der Waals surface area contributed by atoms with Crippen molar-refractivity contribution in [2.45, 2.75) is 12.8 Å². The van der Waals surface area contributed by atoms with Crippen molar-refractivity contribution in [1.82, 2.24) is 9.88 Å². The maximum Gasteiger partial charge on any atom is 0.0635 e. The van der Waals surface area contributed by atoms with E-state index in [1.54, 1.807) is 13.3 Å². The van der Waals surface area contributed by atoms with E-state index in [0.29, 0.717) is 13.0 Å². The zero-order valence-electron chi connectivity index (χ0n) is 10.3. The van der Waals surface area contributed by atoms with Gasteiger partial charge in [-0.05, 0) is 18.1 Å². The summed E-state index contributed by atoms with van der Waals surface area (Å²) in [4.78, 5) is 6.34. The molecule has 1 rings (SSSR count). The second kappa shape index (κ2) is 8.68. The van der Waals surface area contributed by atoms with Gasteiger partial charge in [-0.1, -0.05) is 6.07 Å². The van der Waals surface area contributed by atoms with Crippen LogP contribution in [0, 0.1) is 11.3 Å². The Morgan fingerprint density at radius 2 is 2.29 bits per heavy atom. The lowest BCUT2D eigenvalue weighted by molar-refractivity contribution is 0.149. The maximum absolute atomic E-state index is 8.61. The molecule has 1 aromatic heterocycles. The molecule has 1 aromatic rings. The number of nitriles is 1. The highest BCUT2D eigenvalue weighted by Gasteiger charge is 2.04. The van der Waals surface area contributed by atoms with Crippen LogP contribution in [0.25, 0.3) is 0 Å². The second-order valence-electron chi connectivity index (χ2n) is 3.85. The van der Waals surface area contributed by atoms with Crippen LogP contribution in [0.15, 0.2) is 24.5 Å². The van der Waals surface area contributed by atoms with E-state index in [9.17, 15) is 0 Å². The van der Waals surface area contributed by atoms with Crippen molar-refractivity contribution in [3.8, 4) is 6.07 Å². The fraction of sp³-hybridized carbons (Fsp3) is 0.538. The summed E-state index contributed by atoms with van der Waals surface area (Å²) in [5.74, 6) is 0. The van der Waals surface area contributed by atoms with Crippen LogP contribution >= 0.6 is 0 Å². The Hall–Kier alpha value is -1.44. The molecule has 1 heterocycles. The minimum atomic E-state index is 0.566. The van der Waals surface area contributed by atoms with Gasteiger partial charge in [0, 0.05) is 45.6 Å². The van der Waals surface area contributed by atoms with Crippen LogP contribution in [0.2, 0.25) is 0 Å². The summed E-state index contributed by atoms with van der Waals surface area (Å²) in [7, 11) is 1.70. The van der Waals surface area contributed by atoms with Gasteiger partial charge in [0.2, 0.25) is 0 Å². The van der Waals surface area contributed by atoms with E-state index in [1.165, 1.54) is 5.56 Å². The van der Waals surface area contributed by atoms with E-state index in [4.69, 9.17) is 10.00 Å². The van der Waals surface area contributed by atoms with Gasteiger partial charge >= 0.3 is 0 Å². The Morgan fingerprint density at radius 1 is 1.41 bits per heavy atom. The first-order chi connectivity index (χ1) is 8.36. The molecule has 0 spiro atoms. The van der Waals surface area contributed by atoms with E-state index in [0.717, 1.165) is 26.1 Å². The number of hydrogen-bond acceptors (Lipinski definition) is 4. The van der Waals surface area contributed by atoms with Crippen LogP contribution in [-0.4, -0.2) is 43.2 Å². The minimum Gasteiger partial charge on any atom is -0.383 e. The molecule has 0 bridgehead atoms. The highest BCUT2D eigenvalue weighted by molar-refractivity contribution is 5.08. The van der Waals surface area contributed by atoms with Crippen molar-refractivity contribution in [3.05, 3.63) is 30.1 Å². The van der Waals surface area contributed by atoms with Gasteiger partial charge in [-0.25, -0.2) is 0 Å². The van der Waals surface area contributed by atoms with Gasteiger partial charge < -0.3 is 4.74 Å². The van der Waals surface area contributed by atoms with Gasteiger partial charge in [0.1, 0.15) is 0 Å². The predicted octanol–water partition coefficient (Wildman–Crippen LogP) is 1.49. The Balaban J connectivity index is 2.35. The number of ether oxygens (including phenoxy) is 1. The van der Waals surface area contributed by atoms with Crippen molar-refractivity contribution in [2.24, 2.45) is 0 Å². The van der Waals surface area contributed by atoms with Crippen LogP contribution in [0.5, 0.6) is 0 Å². The molecule has 0 atom stereocenters. The largest absolute Gasteiger partial charge is 0.383 e. The van der Waals surface area contributed by atoms with Gasteiger partial charge in [0.05, 0.1) is 12.7 Å². The topological polar surface area (TPSA) is 49.1 Å². The first-order valence-corrected chi connectivity index (χ1v) is 5.84. The van der Waals surface area contributed by atoms with Crippen LogP contribution in [0.1, 0.15) is 12.0 Å². The Kier molecular flexibility index (Phi) is 6.96. The molecule has 0 saturated heterocycles. The third-order valence-corrected chi connectivity index (χ3v) is 2.59. The van der Waals surface area contributed by atoms with Crippen LogP contribution in [-0.2, 0) is 11.2 Å². The lowest BCUT2D eigenvalue weighted by atomic mass is 10.2. The van der Waals surface area contributed by atoms with Crippen molar-refractivity contribution in [1.29, 1.82) is 5.26 Å². The summed E-state index contributed by atoms with van der Waals surface area (Å²) in [6.45, 7) is 3.33. The summed E-state index contributed by atoms with van der Waals surface area (Å²) in [5.41, 5.74) is 1.23. The first-order valence-electron chi connectivity index (χ1n) is 5.84. The quantitative estimate of drug-likeness (QED) is 0.682. The standard InChI is InChI=1S/C13H19N3O/c1-17-11-10-16(8-3-6-14)9-5-13-4-2-7-15-12-13/h2,4,7,12H,3,5,8-11H2,1H3. The molecule has 0 amide bonds. The third-order valence-electron chi connectivity index (χ3n) is 2.59. The average molecular weight is 233 g/mol. The third kappa shape index (κ3) is 6.00. The molecule has 0 unspecified atom stereocenters. The Morgan fingerprint density at radius 3 is 2.94 bits per heavy atom.